The van der Waals surface area contributed by atoms with Crippen LogP contribution in [-0.2, 0) is 4.74 Å². The summed E-state index contributed by atoms with van der Waals surface area (Å²) in [6.45, 7) is 1.36. The van der Waals surface area contributed by atoms with Crippen LogP contribution in [0.1, 0.15) is 24.8 Å². The molecule has 1 aliphatic heterocycles. The first-order valence-electron chi connectivity index (χ1n) is 6.38. The van der Waals surface area contributed by atoms with Gasteiger partial charge >= 0.3 is 0 Å². The van der Waals surface area contributed by atoms with Crippen LogP contribution in [0, 0.1) is 17.7 Å². The molecule has 0 spiro atoms. The number of halogens is 2. The highest BCUT2D eigenvalue weighted by Gasteiger charge is 2.15. The van der Waals surface area contributed by atoms with Crippen LogP contribution < -0.4 is 4.74 Å². The molecule has 0 aromatic heterocycles. The van der Waals surface area contributed by atoms with Crippen LogP contribution in [0.4, 0.5) is 4.39 Å². The Labute approximate surface area is 117 Å². The molecule has 19 heavy (non-hydrogen) atoms. The SMILES string of the molecule is Fc1cc(C#CCCl)cc(OCCC2CCCO2)c1. The third kappa shape index (κ3) is 4.74. The van der Waals surface area contributed by atoms with Crippen LogP contribution >= 0.6 is 11.6 Å². The lowest BCUT2D eigenvalue weighted by Crippen LogP contribution is -2.10. The highest BCUT2D eigenvalue weighted by atomic mass is 35.5. The second-order valence-electron chi connectivity index (χ2n) is 4.38. The smallest absolute Gasteiger partial charge is 0.128 e. The Morgan fingerprint density at radius 1 is 1.42 bits per heavy atom. The first-order valence-corrected chi connectivity index (χ1v) is 6.91. The van der Waals surface area contributed by atoms with Gasteiger partial charge in [0.15, 0.2) is 0 Å². The summed E-state index contributed by atoms with van der Waals surface area (Å²) < 4.78 is 24.4. The van der Waals surface area contributed by atoms with Gasteiger partial charge < -0.3 is 9.47 Å². The fourth-order valence-corrected chi connectivity index (χ4v) is 2.10. The highest BCUT2D eigenvalue weighted by Crippen LogP contribution is 2.19. The van der Waals surface area contributed by atoms with Crippen LogP contribution in [-0.4, -0.2) is 25.2 Å². The number of rotatable bonds is 4. The standard InChI is InChI=1S/C15H16ClFO2/c16-6-1-3-12-9-13(17)11-15(10-12)19-8-5-14-4-2-7-18-14/h9-11,14H,2,4-8H2. The molecule has 0 amide bonds. The van der Waals surface area contributed by atoms with Crippen molar-refractivity contribution in [2.24, 2.45) is 0 Å². The van der Waals surface area contributed by atoms with Crippen molar-refractivity contribution in [1.29, 1.82) is 0 Å². The summed E-state index contributed by atoms with van der Waals surface area (Å²) in [7, 11) is 0. The van der Waals surface area contributed by atoms with Crippen LogP contribution in [0.15, 0.2) is 18.2 Å². The Bertz CT molecular complexity index is 473. The maximum Gasteiger partial charge on any atom is 0.128 e. The number of hydrogen-bond acceptors (Lipinski definition) is 2. The molecule has 1 saturated heterocycles. The topological polar surface area (TPSA) is 18.5 Å². The molecule has 0 N–H and O–H groups in total. The summed E-state index contributed by atoms with van der Waals surface area (Å²) in [4.78, 5) is 0. The second kappa shape index (κ2) is 7.37. The van der Waals surface area contributed by atoms with Gasteiger partial charge in [0.2, 0.25) is 0 Å². The van der Waals surface area contributed by atoms with E-state index in [0.29, 0.717) is 17.9 Å². The molecule has 1 fully saturated rings. The third-order valence-electron chi connectivity index (χ3n) is 2.90. The van der Waals surface area contributed by atoms with Gasteiger partial charge in [-0.05, 0) is 25.0 Å². The second-order valence-corrected chi connectivity index (χ2v) is 4.65. The van der Waals surface area contributed by atoms with Crippen LogP contribution in [0.3, 0.4) is 0 Å². The Balaban J connectivity index is 1.89. The maximum absolute atomic E-state index is 13.4. The zero-order chi connectivity index (χ0) is 13.5. The molecule has 1 heterocycles. The molecular formula is C15H16ClFO2. The minimum absolute atomic E-state index is 0.228. The summed E-state index contributed by atoms with van der Waals surface area (Å²) in [5.74, 6) is 5.85. The van der Waals surface area contributed by atoms with Crippen molar-refractivity contribution in [1.82, 2.24) is 0 Å². The average Bonchev–Trinajstić information content (AvgIpc) is 2.89. The van der Waals surface area contributed by atoms with E-state index in [1.54, 1.807) is 6.07 Å². The predicted molar refractivity (Wildman–Crippen MR) is 73.1 cm³/mol. The fourth-order valence-electron chi connectivity index (χ4n) is 2.03. The monoisotopic (exact) mass is 282 g/mol. The minimum Gasteiger partial charge on any atom is -0.493 e. The molecule has 0 aliphatic carbocycles. The van der Waals surface area contributed by atoms with Gasteiger partial charge in [0, 0.05) is 24.7 Å². The quantitative estimate of drug-likeness (QED) is 0.623. The van der Waals surface area contributed by atoms with Gasteiger partial charge in [-0.25, -0.2) is 4.39 Å². The lowest BCUT2D eigenvalue weighted by atomic mass is 10.2. The molecule has 102 valence electrons. The Kier molecular flexibility index (Phi) is 5.50. The van der Waals surface area contributed by atoms with Gasteiger partial charge in [0.1, 0.15) is 11.6 Å². The molecule has 1 aliphatic rings. The highest BCUT2D eigenvalue weighted by molar-refractivity contribution is 6.19. The number of alkyl halides is 1. The number of ether oxygens (including phenoxy) is 2. The van der Waals surface area contributed by atoms with Crippen molar-refractivity contribution in [2.45, 2.75) is 25.4 Å². The van der Waals surface area contributed by atoms with E-state index < -0.39 is 0 Å². The van der Waals surface area contributed by atoms with Crippen LogP contribution in [0.25, 0.3) is 0 Å². The molecule has 0 bridgehead atoms. The Morgan fingerprint density at radius 2 is 2.32 bits per heavy atom. The van der Waals surface area contributed by atoms with E-state index in [0.717, 1.165) is 25.9 Å². The van der Waals surface area contributed by atoms with Crippen molar-refractivity contribution in [3.63, 3.8) is 0 Å². The van der Waals surface area contributed by atoms with E-state index in [1.165, 1.54) is 12.1 Å². The number of benzene rings is 1. The van der Waals surface area contributed by atoms with E-state index in [9.17, 15) is 4.39 Å². The molecule has 0 radical (unpaired) electrons. The molecule has 1 atom stereocenters. The third-order valence-corrected chi connectivity index (χ3v) is 3.04. The van der Waals surface area contributed by atoms with E-state index >= 15 is 0 Å². The molecular weight excluding hydrogens is 267 g/mol. The van der Waals surface area contributed by atoms with Gasteiger partial charge in [-0.3, -0.25) is 0 Å². The summed E-state index contributed by atoms with van der Waals surface area (Å²) in [6.07, 6.45) is 3.31. The van der Waals surface area contributed by atoms with E-state index in [4.69, 9.17) is 21.1 Å². The summed E-state index contributed by atoms with van der Waals surface area (Å²) >= 11 is 5.47. The van der Waals surface area contributed by atoms with Gasteiger partial charge in [-0.15, -0.1) is 11.6 Å². The van der Waals surface area contributed by atoms with Crippen LogP contribution in [0.5, 0.6) is 5.75 Å². The molecule has 0 saturated carbocycles. The maximum atomic E-state index is 13.4. The molecule has 1 aromatic carbocycles. The fraction of sp³-hybridized carbons (Fsp3) is 0.467. The summed E-state index contributed by atoms with van der Waals surface area (Å²) in [5.41, 5.74) is 0.577. The first-order chi connectivity index (χ1) is 9.28. The lowest BCUT2D eigenvalue weighted by molar-refractivity contribution is 0.0903. The summed E-state index contributed by atoms with van der Waals surface area (Å²) in [5, 5.41) is 0. The average molecular weight is 283 g/mol. The van der Waals surface area contributed by atoms with E-state index in [-0.39, 0.29) is 17.8 Å². The summed E-state index contributed by atoms with van der Waals surface area (Å²) in [6, 6.07) is 4.45. The van der Waals surface area contributed by atoms with Gasteiger partial charge in [-0.2, -0.15) is 0 Å². The minimum atomic E-state index is -0.353. The molecule has 4 heteroatoms. The predicted octanol–water partition coefficient (Wildman–Crippen LogP) is 3.36. The zero-order valence-corrected chi connectivity index (χ0v) is 11.4. The van der Waals surface area contributed by atoms with Gasteiger partial charge in [0.05, 0.1) is 18.6 Å². The van der Waals surface area contributed by atoms with Crippen molar-refractivity contribution in [3.8, 4) is 17.6 Å². The molecule has 2 nitrogen and oxygen atoms in total. The van der Waals surface area contributed by atoms with Gasteiger partial charge in [-0.1, -0.05) is 11.8 Å². The Morgan fingerprint density at radius 3 is 3.05 bits per heavy atom. The van der Waals surface area contributed by atoms with Crippen molar-refractivity contribution >= 4 is 11.6 Å². The van der Waals surface area contributed by atoms with Crippen molar-refractivity contribution in [2.75, 3.05) is 19.1 Å². The zero-order valence-electron chi connectivity index (χ0n) is 10.6. The van der Waals surface area contributed by atoms with E-state index in [1.807, 2.05) is 0 Å². The van der Waals surface area contributed by atoms with Crippen molar-refractivity contribution < 1.29 is 13.9 Å². The Hall–Kier alpha value is -1.24. The van der Waals surface area contributed by atoms with E-state index in [2.05, 4.69) is 11.8 Å². The van der Waals surface area contributed by atoms with Crippen molar-refractivity contribution in [3.05, 3.63) is 29.6 Å². The normalized spacial score (nSPS) is 17.9. The largest absolute Gasteiger partial charge is 0.493 e. The lowest BCUT2D eigenvalue weighted by Gasteiger charge is -2.11. The molecule has 1 aromatic rings. The number of hydrogen-bond donors (Lipinski definition) is 0. The van der Waals surface area contributed by atoms with Gasteiger partial charge in [0.25, 0.3) is 0 Å². The molecule has 1 unspecified atom stereocenters. The molecule has 2 rings (SSSR count). The first kappa shape index (κ1) is 14.2. The van der Waals surface area contributed by atoms with Crippen LogP contribution in [0.2, 0.25) is 0 Å².